The number of benzene rings is 1. The van der Waals surface area contributed by atoms with Crippen molar-refractivity contribution in [1.29, 1.82) is 0 Å². The predicted molar refractivity (Wildman–Crippen MR) is 98.8 cm³/mol. The zero-order valence-electron chi connectivity index (χ0n) is 14.0. The average Bonchev–Trinajstić information content (AvgIpc) is 3.16. The fourth-order valence-corrected chi connectivity index (χ4v) is 3.71. The Bertz CT molecular complexity index is 877. The number of rotatable bonds is 3. The first kappa shape index (κ1) is 15.5. The molecule has 1 N–H and O–H groups in total. The molecule has 0 radical (unpaired) electrons. The quantitative estimate of drug-likeness (QED) is 0.727. The first-order valence-corrected chi connectivity index (χ1v) is 8.89. The summed E-state index contributed by atoms with van der Waals surface area (Å²) in [4.78, 5) is 4.76. The molecule has 1 aliphatic rings. The van der Waals surface area contributed by atoms with Crippen LogP contribution in [0.15, 0.2) is 30.3 Å². The topological polar surface area (TPSA) is 42.2 Å². The summed E-state index contributed by atoms with van der Waals surface area (Å²) in [6.45, 7) is 4.07. The molecule has 3 aromatic rings. The molecule has 1 aromatic carbocycles. The van der Waals surface area contributed by atoms with Crippen LogP contribution >= 0.6 is 11.6 Å². The molecule has 124 valence electrons. The van der Waals surface area contributed by atoms with E-state index in [9.17, 15) is 0 Å². The maximum absolute atomic E-state index is 6.03. The summed E-state index contributed by atoms with van der Waals surface area (Å²) in [6.07, 6.45) is 5.07. The molecule has 1 fully saturated rings. The molecule has 0 unspecified atom stereocenters. The van der Waals surface area contributed by atoms with Crippen molar-refractivity contribution in [2.75, 3.05) is 5.32 Å². The number of nitrogens with one attached hydrogen (secondary N) is 1. The van der Waals surface area contributed by atoms with E-state index in [-0.39, 0.29) is 0 Å². The summed E-state index contributed by atoms with van der Waals surface area (Å²) in [7, 11) is 0. The molecule has 0 spiro atoms. The zero-order chi connectivity index (χ0) is 16.7. The van der Waals surface area contributed by atoms with E-state index in [1.54, 1.807) is 0 Å². The average molecular weight is 341 g/mol. The molecule has 2 heterocycles. The largest absolute Gasteiger partial charge is 0.367 e. The van der Waals surface area contributed by atoms with Crippen molar-refractivity contribution in [3.05, 3.63) is 46.7 Å². The van der Waals surface area contributed by atoms with Gasteiger partial charge in [-0.3, -0.25) is 0 Å². The summed E-state index contributed by atoms with van der Waals surface area (Å²) < 4.78 is 1.95. The number of hydrogen-bond acceptors (Lipinski definition) is 3. The highest BCUT2D eigenvalue weighted by atomic mass is 35.5. The van der Waals surface area contributed by atoms with Crippen molar-refractivity contribution in [3.8, 4) is 11.1 Å². The summed E-state index contributed by atoms with van der Waals surface area (Å²) in [6, 6.07) is 10.5. The molecule has 0 aliphatic heterocycles. The van der Waals surface area contributed by atoms with E-state index in [1.165, 1.54) is 25.7 Å². The van der Waals surface area contributed by atoms with Gasteiger partial charge in [-0.05, 0) is 44.4 Å². The first-order chi connectivity index (χ1) is 11.6. The lowest BCUT2D eigenvalue weighted by Crippen LogP contribution is -2.17. The normalized spacial score (nSPS) is 15.3. The van der Waals surface area contributed by atoms with Crippen molar-refractivity contribution in [3.63, 3.8) is 0 Å². The maximum Gasteiger partial charge on any atom is 0.165 e. The van der Waals surface area contributed by atoms with E-state index in [1.807, 2.05) is 42.6 Å². The third-order valence-electron chi connectivity index (χ3n) is 4.73. The van der Waals surface area contributed by atoms with E-state index >= 15 is 0 Å². The lowest BCUT2D eigenvalue weighted by Gasteiger charge is -2.15. The molecule has 4 rings (SSSR count). The van der Waals surface area contributed by atoms with Crippen LogP contribution in [-0.4, -0.2) is 20.6 Å². The minimum absolute atomic E-state index is 0.540. The van der Waals surface area contributed by atoms with Gasteiger partial charge >= 0.3 is 0 Å². The second-order valence-corrected chi connectivity index (χ2v) is 7.05. The van der Waals surface area contributed by atoms with Gasteiger partial charge in [-0.25, -0.2) is 4.98 Å². The Morgan fingerprint density at radius 1 is 1.12 bits per heavy atom. The summed E-state index contributed by atoms with van der Waals surface area (Å²) >= 11 is 6.03. The Morgan fingerprint density at radius 2 is 1.83 bits per heavy atom. The van der Waals surface area contributed by atoms with Crippen LogP contribution in [-0.2, 0) is 0 Å². The Hall–Kier alpha value is -2.07. The highest BCUT2D eigenvalue weighted by molar-refractivity contribution is 6.30. The molecule has 4 nitrogen and oxygen atoms in total. The van der Waals surface area contributed by atoms with Gasteiger partial charge in [0.05, 0.1) is 5.69 Å². The highest BCUT2D eigenvalue weighted by Gasteiger charge is 2.19. The van der Waals surface area contributed by atoms with Crippen LogP contribution in [0.25, 0.3) is 16.8 Å². The van der Waals surface area contributed by atoms with E-state index in [4.69, 9.17) is 21.7 Å². The molecule has 0 saturated heterocycles. The highest BCUT2D eigenvalue weighted by Crippen LogP contribution is 2.31. The van der Waals surface area contributed by atoms with Crippen LogP contribution in [0.1, 0.15) is 37.1 Å². The molecule has 0 amide bonds. The van der Waals surface area contributed by atoms with Gasteiger partial charge in [0.2, 0.25) is 0 Å². The molecule has 1 aliphatic carbocycles. The molecule has 1 saturated carbocycles. The summed E-state index contributed by atoms with van der Waals surface area (Å²) in [5, 5.41) is 9.16. The molecule has 0 bridgehead atoms. The van der Waals surface area contributed by atoms with Crippen LogP contribution in [0.5, 0.6) is 0 Å². The minimum atomic E-state index is 0.540. The van der Waals surface area contributed by atoms with Crippen LogP contribution in [0, 0.1) is 13.8 Å². The van der Waals surface area contributed by atoms with Crippen molar-refractivity contribution in [2.45, 2.75) is 45.6 Å². The number of hydrogen-bond donors (Lipinski definition) is 1. The monoisotopic (exact) mass is 340 g/mol. The van der Waals surface area contributed by atoms with E-state index in [0.29, 0.717) is 6.04 Å². The smallest absolute Gasteiger partial charge is 0.165 e. The number of fused-ring (bicyclic) bond motifs is 1. The van der Waals surface area contributed by atoms with Gasteiger partial charge in [0.15, 0.2) is 5.65 Å². The van der Waals surface area contributed by atoms with Gasteiger partial charge < -0.3 is 5.32 Å². The Balaban J connectivity index is 1.85. The summed E-state index contributed by atoms with van der Waals surface area (Å²) in [5.41, 5.74) is 5.04. The Kier molecular flexibility index (Phi) is 3.93. The standard InChI is InChI=1S/C19H21ClN4/c1-12-11-17(22-16-5-3-4-6-16)24-19(21-12)18(13(2)23-24)14-7-9-15(20)10-8-14/h7-11,16,22H,3-6H2,1-2H3. The van der Waals surface area contributed by atoms with Crippen LogP contribution in [0.4, 0.5) is 5.82 Å². The molecule has 0 atom stereocenters. The van der Waals surface area contributed by atoms with Crippen LogP contribution in [0.2, 0.25) is 5.02 Å². The molecular formula is C19H21ClN4. The fourth-order valence-electron chi connectivity index (χ4n) is 3.58. The second-order valence-electron chi connectivity index (χ2n) is 6.61. The predicted octanol–water partition coefficient (Wildman–Crippen LogP) is 5.02. The lowest BCUT2D eigenvalue weighted by atomic mass is 10.1. The summed E-state index contributed by atoms with van der Waals surface area (Å²) in [5.74, 6) is 1.03. The lowest BCUT2D eigenvalue weighted by molar-refractivity contribution is 0.738. The van der Waals surface area contributed by atoms with Crippen LogP contribution < -0.4 is 5.32 Å². The molecule has 5 heteroatoms. The van der Waals surface area contributed by atoms with Gasteiger partial charge in [0.1, 0.15) is 5.82 Å². The van der Waals surface area contributed by atoms with Crippen LogP contribution in [0.3, 0.4) is 0 Å². The SMILES string of the molecule is Cc1cc(NC2CCCC2)n2nc(C)c(-c3ccc(Cl)cc3)c2n1. The minimum Gasteiger partial charge on any atom is -0.367 e. The number of nitrogens with zero attached hydrogens (tertiary/aromatic N) is 3. The van der Waals surface area contributed by atoms with Gasteiger partial charge in [-0.15, -0.1) is 0 Å². The third-order valence-corrected chi connectivity index (χ3v) is 4.98. The molecule has 2 aromatic heterocycles. The number of halogens is 1. The molecule has 24 heavy (non-hydrogen) atoms. The van der Waals surface area contributed by atoms with Gasteiger partial charge in [-0.1, -0.05) is 36.6 Å². The van der Waals surface area contributed by atoms with Gasteiger partial charge in [0, 0.05) is 28.4 Å². The van der Waals surface area contributed by atoms with E-state index in [2.05, 4.69) is 11.4 Å². The maximum atomic E-state index is 6.03. The number of aryl methyl sites for hydroxylation is 2. The number of anilines is 1. The van der Waals surface area contributed by atoms with E-state index < -0.39 is 0 Å². The number of aromatic nitrogens is 3. The Morgan fingerprint density at radius 3 is 2.54 bits per heavy atom. The van der Waals surface area contributed by atoms with Crippen molar-refractivity contribution in [1.82, 2.24) is 14.6 Å². The van der Waals surface area contributed by atoms with E-state index in [0.717, 1.165) is 39.0 Å². The first-order valence-electron chi connectivity index (χ1n) is 8.51. The van der Waals surface area contributed by atoms with Gasteiger partial charge in [-0.2, -0.15) is 9.61 Å². The second kappa shape index (κ2) is 6.10. The van der Waals surface area contributed by atoms with Crippen molar-refractivity contribution in [2.24, 2.45) is 0 Å². The van der Waals surface area contributed by atoms with Crippen molar-refractivity contribution >= 4 is 23.1 Å². The fraction of sp³-hybridized carbons (Fsp3) is 0.368. The third kappa shape index (κ3) is 2.75. The zero-order valence-corrected chi connectivity index (χ0v) is 14.8. The molecular weight excluding hydrogens is 320 g/mol. The van der Waals surface area contributed by atoms with Crippen molar-refractivity contribution < 1.29 is 0 Å². The van der Waals surface area contributed by atoms with Gasteiger partial charge in [0.25, 0.3) is 0 Å². The Labute approximate surface area is 146 Å².